The smallest absolute Gasteiger partial charge is 0.135 e. The van der Waals surface area contributed by atoms with E-state index in [1.165, 1.54) is 0 Å². The molecule has 0 aromatic carbocycles. The highest BCUT2D eigenvalue weighted by Gasteiger charge is 2.22. The summed E-state index contributed by atoms with van der Waals surface area (Å²) in [4.78, 5) is 8.68. The Morgan fingerprint density at radius 3 is 2.42 bits per heavy atom. The second-order valence-corrected chi connectivity index (χ2v) is 5.65. The Bertz CT molecular complexity index is 404. The molecule has 0 saturated carbocycles. The molecule has 0 saturated heterocycles. The van der Waals surface area contributed by atoms with Crippen LogP contribution in [0.15, 0.2) is 6.33 Å². The molecular weight excluding hydrogens is 240 g/mol. The van der Waals surface area contributed by atoms with Crippen molar-refractivity contribution in [2.45, 2.75) is 52.5 Å². The van der Waals surface area contributed by atoms with E-state index in [9.17, 15) is 0 Å². The lowest BCUT2D eigenvalue weighted by Gasteiger charge is -2.28. The number of hydrogen-bond acceptors (Lipinski definition) is 5. The van der Waals surface area contributed by atoms with Crippen LogP contribution in [0.5, 0.6) is 0 Å². The lowest BCUT2D eigenvalue weighted by molar-refractivity contribution is 0.260. The summed E-state index contributed by atoms with van der Waals surface area (Å²) in [6.45, 7) is 11.4. The number of nitrogens with one attached hydrogen (secondary N) is 2. The molecular formula is C14H26N4O. The van der Waals surface area contributed by atoms with Crippen molar-refractivity contribution in [2.75, 3.05) is 23.8 Å². The third kappa shape index (κ3) is 4.35. The predicted octanol–water partition coefficient (Wildman–Crippen LogP) is 2.60. The number of hydrogen-bond donors (Lipinski definition) is 3. The fourth-order valence-electron chi connectivity index (χ4n) is 2.01. The van der Waals surface area contributed by atoms with Gasteiger partial charge in [-0.3, -0.25) is 0 Å². The molecule has 5 nitrogen and oxygen atoms in total. The van der Waals surface area contributed by atoms with Crippen LogP contribution in [0.4, 0.5) is 11.6 Å². The van der Waals surface area contributed by atoms with Gasteiger partial charge in [0, 0.05) is 24.3 Å². The molecule has 0 bridgehead atoms. The first kappa shape index (κ1) is 15.7. The molecule has 0 fully saturated rings. The van der Waals surface area contributed by atoms with Crippen LogP contribution in [0, 0.1) is 0 Å². The summed E-state index contributed by atoms with van der Waals surface area (Å²) in [6, 6.07) is 0. The SMILES string of the molecule is CCNc1ncnc(NC(C)(C)CCO)c1C(C)C. The average molecular weight is 266 g/mol. The summed E-state index contributed by atoms with van der Waals surface area (Å²) in [7, 11) is 0. The van der Waals surface area contributed by atoms with Crippen molar-refractivity contribution >= 4 is 11.6 Å². The minimum Gasteiger partial charge on any atom is -0.396 e. The number of aliphatic hydroxyl groups excluding tert-OH is 1. The van der Waals surface area contributed by atoms with Gasteiger partial charge < -0.3 is 15.7 Å². The second kappa shape index (κ2) is 6.70. The van der Waals surface area contributed by atoms with Crippen LogP contribution in [0.2, 0.25) is 0 Å². The maximum absolute atomic E-state index is 9.11. The molecule has 5 heteroatoms. The van der Waals surface area contributed by atoms with Gasteiger partial charge in [-0.1, -0.05) is 13.8 Å². The van der Waals surface area contributed by atoms with Gasteiger partial charge in [0.2, 0.25) is 0 Å². The lowest BCUT2D eigenvalue weighted by Crippen LogP contribution is -2.33. The van der Waals surface area contributed by atoms with Crippen LogP contribution < -0.4 is 10.6 Å². The van der Waals surface area contributed by atoms with E-state index < -0.39 is 0 Å². The molecule has 19 heavy (non-hydrogen) atoms. The van der Waals surface area contributed by atoms with Gasteiger partial charge in [0.1, 0.15) is 18.0 Å². The molecule has 108 valence electrons. The van der Waals surface area contributed by atoms with Crippen molar-refractivity contribution < 1.29 is 5.11 Å². The van der Waals surface area contributed by atoms with E-state index >= 15 is 0 Å². The van der Waals surface area contributed by atoms with Crippen LogP contribution in [0.1, 0.15) is 52.5 Å². The third-order valence-electron chi connectivity index (χ3n) is 3.00. The highest BCUT2D eigenvalue weighted by Crippen LogP contribution is 2.30. The first-order valence-electron chi connectivity index (χ1n) is 6.89. The maximum atomic E-state index is 9.11. The van der Waals surface area contributed by atoms with E-state index in [0.717, 1.165) is 23.7 Å². The normalized spacial score (nSPS) is 11.7. The number of anilines is 2. The van der Waals surface area contributed by atoms with E-state index in [1.54, 1.807) is 6.33 Å². The number of aliphatic hydroxyl groups is 1. The molecule has 0 radical (unpaired) electrons. The zero-order valence-electron chi connectivity index (χ0n) is 12.6. The fourth-order valence-corrected chi connectivity index (χ4v) is 2.01. The van der Waals surface area contributed by atoms with E-state index in [1.807, 2.05) is 0 Å². The van der Waals surface area contributed by atoms with Crippen LogP contribution >= 0.6 is 0 Å². The monoisotopic (exact) mass is 266 g/mol. The lowest BCUT2D eigenvalue weighted by atomic mass is 9.99. The largest absolute Gasteiger partial charge is 0.396 e. The molecule has 0 aliphatic heterocycles. The molecule has 0 aliphatic rings. The Kier molecular flexibility index (Phi) is 5.54. The van der Waals surface area contributed by atoms with E-state index in [2.05, 4.69) is 55.2 Å². The number of nitrogens with zero attached hydrogens (tertiary/aromatic N) is 2. The second-order valence-electron chi connectivity index (χ2n) is 5.65. The van der Waals surface area contributed by atoms with Crippen LogP contribution in [0.3, 0.4) is 0 Å². The molecule has 0 unspecified atom stereocenters. The molecule has 0 spiro atoms. The van der Waals surface area contributed by atoms with Crippen molar-refractivity contribution in [1.82, 2.24) is 9.97 Å². The Labute approximate surface area is 115 Å². The van der Waals surface area contributed by atoms with E-state index in [0.29, 0.717) is 12.3 Å². The van der Waals surface area contributed by atoms with Gasteiger partial charge >= 0.3 is 0 Å². The van der Waals surface area contributed by atoms with E-state index in [-0.39, 0.29) is 12.1 Å². The molecule has 3 N–H and O–H groups in total. The number of rotatable bonds is 7. The quantitative estimate of drug-likeness (QED) is 0.707. The van der Waals surface area contributed by atoms with Crippen LogP contribution in [0.25, 0.3) is 0 Å². The number of aromatic nitrogens is 2. The zero-order valence-corrected chi connectivity index (χ0v) is 12.6. The highest BCUT2D eigenvalue weighted by molar-refractivity contribution is 5.59. The topological polar surface area (TPSA) is 70.1 Å². The molecule has 1 rings (SSSR count). The van der Waals surface area contributed by atoms with Crippen LogP contribution in [-0.4, -0.2) is 33.8 Å². The van der Waals surface area contributed by atoms with Crippen LogP contribution in [-0.2, 0) is 0 Å². The minimum absolute atomic E-state index is 0.155. The molecule has 1 aromatic rings. The summed E-state index contributed by atoms with van der Waals surface area (Å²) in [6.07, 6.45) is 2.24. The standard InChI is InChI=1S/C14H26N4O/c1-6-15-12-11(10(2)3)13(17-9-16-12)18-14(4,5)7-8-19/h9-10,19H,6-8H2,1-5H3,(H2,15,16,17,18). The summed E-state index contributed by atoms with van der Waals surface area (Å²) >= 11 is 0. The predicted molar refractivity (Wildman–Crippen MR) is 79.7 cm³/mol. The average Bonchev–Trinajstić information content (AvgIpc) is 2.28. The zero-order chi connectivity index (χ0) is 14.5. The van der Waals surface area contributed by atoms with Crippen molar-refractivity contribution in [2.24, 2.45) is 0 Å². The first-order chi connectivity index (χ1) is 8.91. The highest BCUT2D eigenvalue weighted by atomic mass is 16.3. The van der Waals surface area contributed by atoms with Gasteiger partial charge in [-0.25, -0.2) is 9.97 Å². The first-order valence-corrected chi connectivity index (χ1v) is 6.89. The van der Waals surface area contributed by atoms with Crippen molar-refractivity contribution in [3.8, 4) is 0 Å². The summed E-state index contributed by atoms with van der Waals surface area (Å²) < 4.78 is 0. The Morgan fingerprint density at radius 2 is 1.89 bits per heavy atom. The van der Waals surface area contributed by atoms with E-state index in [4.69, 9.17) is 5.11 Å². The Balaban J connectivity index is 3.09. The minimum atomic E-state index is -0.198. The maximum Gasteiger partial charge on any atom is 0.135 e. The van der Waals surface area contributed by atoms with Gasteiger partial charge in [0.25, 0.3) is 0 Å². The Hall–Kier alpha value is -1.36. The summed E-state index contributed by atoms with van der Waals surface area (Å²) in [5.74, 6) is 2.05. The summed E-state index contributed by atoms with van der Waals surface area (Å²) in [5, 5.41) is 15.8. The molecule has 0 atom stereocenters. The fraction of sp³-hybridized carbons (Fsp3) is 0.714. The van der Waals surface area contributed by atoms with Gasteiger partial charge in [-0.15, -0.1) is 0 Å². The van der Waals surface area contributed by atoms with Crippen molar-refractivity contribution in [3.63, 3.8) is 0 Å². The van der Waals surface area contributed by atoms with Gasteiger partial charge in [-0.2, -0.15) is 0 Å². The van der Waals surface area contributed by atoms with Crippen molar-refractivity contribution in [1.29, 1.82) is 0 Å². The molecule has 0 amide bonds. The van der Waals surface area contributed by atoms with Gasteiger partial charge in [0.15, 0.2) is 0 Å². The van der Waals surface area contributed by atoms with Gasteiger partial charge in [0.05, 0.1) is 0 Å². The molecule has 1 heterocycles. The third-order valence-corrected chi connectivity index (χ3v) is 3.00. The van der Waals surface area contributed by atoms with Crippen molar-refractivity contribution in [3.05, 3.63) is 11.9 Å². The summed E-state index contributed by atoms with van der Waals surface area (Å²) in [5.41, 5.74) is 0.895. The Morgan fingerprint density at radius 1 is 1.26 bits per heavy atom. The molecule has 0 aliphatic carbocycles. The molecule has 1 aromatic heterocycles. The van der Waals surface area contributed by atoms with Gasteiger partial charge in [-0.05, 0) is 33.1 Å².